The molecule has 2 N–H and O–H groups in total. The molecule has 5 nitrogen and oxygen atoms in total. The lowest BCUT2D eigenvalue weighted by Crippen LogP contribution is -2.30. The number of carbonyl (C=O) groups is 1. The smallest absolute Gasteiger partial charge is 0.254 e. The monoisotopic (exact) mass is 507 g/mol. The molecule has 0 bridgehead atoms. The lowest BCUT2D eigenvalue weighted by molar-refractivity contribution is -0.113. The maximum Gasteiger partial charge on any atom is 0.254 e. The van der Waals surface area contributed by atoms with Crippen molar-refractivity contribution < 1.29 is 9.53 Å². The Morgan fingerprint density at radius 2 is 1.97 bits per heavy atom. The van der Waals surface area contributed by atoms with Crippen molar-refractivity contribution in [3.63, 3.8) is 0 Å². The molecular formula is C26H22ClN3O2S2. The minimum absolute atomic E-state index is 0.276. The Morgan fingerprint density at radius 3 is 2.65 bits per heavy atom. The van der Waals surface area contributed by atoms with Crippen LogP contribution in [0.3, 0.4) is 0 Å². The molecule has 1 amide bonds. The van der Waals surface area contributed by atoms with Crippen molar-refractivity contribution in [3.05, 3.63) is 103 Å². The molecule has 0 fully saturated rings. The lowest BCUT2D eigenvalue weighted by Gasteiger charge is -2.29. The number of hydrogen-bond donors (Lipinski definition) is 2. The molecule has 2 aromatic carbocycles. The summed E-state index contributed by atoms with van der Waals surface area (Å²) < 4.78 is 5.38. The highest BCUT2D eigenvalue weighted by molar-refractivity contribution is 8.02. The number of nitrogens with zero attached hydrogens (tertiary/aromatic N) is 1. The van der Waals surface area contributed by atoms with Crippen LogP contribution in [0.5, 0.6) is 5.75 Å². The predicted octanol–water partition coefficient (Wildman–Crippen LogP) is 6.68. The molecule has 4 rings (SSSR count). The number of dihydropyridines is 1. The fraction of sp³-hybridized carbons (Fsp3) is 0.154. The van der Waals surface area contributed by atoms with Gasteiger partial charge in [-0.2, -0.15) is 5.26 Å². The van der Waals surface area contributed by atoms with Crippen LogP contribution in [0.4, 0.5) is 5.69 Å². The Bertz CT molecular complexity index is 1290. The van der Waals surface area contributed by atoms with Crippen LogP contribution in [0.25, 0.3) is 0 Å². The van der Waals surface area contributed by atoms with Gasteiger partial charge in [-0.1, -0.05) is 41.9 Å². The number of rotatable bonds is 7. The highest BCUT2D eigenvalue weighted by Crippen LogP contribution is 2.43. The average Bonchev–Trinajstić information content (AvgIpc) is 3.38. The van der Waals surface area contributed by atoms with Crippen LogP contribution in [0, 0.1) is 11.3 Å². The Hall–Kier alpha value is -3.18. The van der Waals surface area contributed by atoms with Gasteiger partial charge >= 0.3 is 0 Å². The Balaban J connectivity index is 1.67. The first-order valence-corrected chi connectivity index (χ1v) is 12.7. The number of halogens is 1. The number of amides is 1. The summed E-state index contributed by atoms with van der Waals surface area (Å²) in [6.07, 6.45) is 0. The molecule has 0 spiro atoms. The summed E-state index contributed by atoms with van der Waals surface area (Å²) in [6, 6.07) is 21.2. The standard InChI is InChI=1S/C26H22ClN3O2S2/c1-16-23(25(31)30-20-6-3-4-7-21(20)32-2)24(22-8-5-13-33-22)19(14-28)26(29-16)34-15-17-9-11-18(27)12-10-17/h3-13,24,29H,15H2,1-2H3,(H,30,31). The van der Waals surface area contributed by atoms with Gasteiger partial charge in [0.1, 0.15) is 5.75 Å². The summed E-state index contributed by atoms with van der Waals surface area (Å²) in [5.41, 5.74) is 3.42. The zero-order chi connectivity index (χ0) is 24.1. The van der Waals surface area contributed by atoms with Gasteiger partial charge in [-0.3, -0.25) is 4.79 Å². The zero-order valence-corrected chi connectivity index (χ0v) is 21.0. The normalized spacial score (nSPS) is 15.5. The lowest BCUT2D eigenvalue weighted by atomic mass is 9.86. The third kappa shape index (κ3) is 5.15. The van der Waals surface area contributed by atoms with E-state index < -0.39 is 5.92 Å². The van der Waals surface area contributed by atoms with Crippen LogP contribution in [-0.2, 0) is 10.5 Å². The van der Waals surface area contributed by atoms with E-state index in [1.165, 1.54) is 23.1 Å². The molecule has 1 aliphatic heterocycles. The quantitative estimate of drug-likeness (QED) is 0.373. The highest BCUT2D eigenvalue weighted by Gasteiger charge is 2.35. The zero-order valence-electron chi connectivity index (χ0n) is 18.6. The number of thioether (sulfide) groups is 1. The molecule has 2 heterocycles. The van der Waals surface area contributed by atoms with Gasteiger partial charge in [-0.05, 0) is 48.2 Å². The van der Waals surface area contributed by atoms with Crippen molar-refractivity contribution in [1.82, 2.24) is 5.32 Å². The molecule has 1 atom stereocenters. The van der Waals surface area contributed by atoms with Gasteiger partial charge < -0.3 is 15.4 Å². The summed E-state index contributed by atoms with van der Waals surface area (Å²) >= 11 is 9.07. The van der Waals surface area contributed by atoms with Gasteiger partial charge in [-0.25, -0.2) is 0 Å². The number of nitrogens with one attached hydrogen (secondary N) is 2. The molecule has 0 aliphatic carbocycles. The molecular weight excluding hydrogens is 486 g/mol. The van der Waals surface area contributed by atoms with Crippen LogP contribution in [-0.4, -0.2) is 13.0 Å². The fourth-order valence-electron chi connectivity index (χ4n) is 3.74. The largest absolute Gasteiger partial charge is 0.495 e. The minimum atomic E-state index is -0.464. The van der Waals surface area contributed by atoms with Gasteiger partial charge in [0.05, 0.1) is 35.4 Å². The summed E-state index contributed by atoms with van der Waals surface area (Å²) in [6.45, 7) is 1.87. The summed E-state index contributed by atoms with van der Waals surface area (Å²) in [4.78, 5) is 14.5. The SMILES string of the molecule is COc1ccccc1NC(=O)C1=C(C)NC(SCc2ccc(Cl)cc2)=C(C#N)C1c1cccs1. The summed E-state index contributed by atoms with van der Waals surface area (Å²) in [7, 11) is 1.56. The van der Waals surface area contributed by atoms with Crippen molar-refractivity contribution in [1.29, 1.82) is 5.26 Å². The summed E-state index contributed by atoms with van der Waals surface area (Å²) in [5, 5.41) is 19.9. The molecule has 0 saturated carbocycles. The van der Waals surface area contributed by atoms with Crippen molar-refractivity contribution in [2.24, 2.45) is 0 Å². The van der Waals surface area contributed by atoms with Crippen molar-refractivity contribution >= 4 is 46.3 Å². The number of hydrogen-bond acceptors (Lipinski definition) is 6. The van der Waals surface area contributed by atoms with E-state index in [1.54, 1.807) is 19.2 Å². The first-order valence-electron chi connectivity index (χ1n) is 10.5. The van der Waals surface area contributed by atoms with E-state index >= 15 is 0 Å². The second-order valence-corrected chi connectivity index (χ2v) is 9.94. The minimum Gasteiger partial charge on any atom is -0.495 e. The third-order valence-electron chi connectivity index (χ3n) is 5.37. The maximum atomic E-state index is 13.5. The van der Waals surface area contributed by atoms with Crippen LogP contribution in [0.15, 0.2) is 87.9 Å². The molecule has 172 valence electrons. The number of para-hydroxylation sites is 2. The number of benzene rings is 2. The molecule has 0 radical (unpaired) electrons. The molecule has 1 unspecified atom stereocenters. The van der Waals surface area contributed by atoms with E-state index in [1.807, 2.05) is 60.8 Å². The molecule has 34 heavy (non-hydrogen) atoms. The summed E-state index contributed by atoms with van der Waals surface area (Å²) in [5.74, 6) is 0.495. The number of carbonyl (C=O) groups excluding carboxylic acids is 1. The highest BCUT2D eigenvalue weighted by atomic mass is 35.5. The number of nitriles is 1. The molecule has 0 saturated heterocycles. The predicted molar refractivity (Wildman–Crippen MR) is 140 cm³/mol. The fourth-order valence-corrected chi connectivity index (χ4v) is 5.76. The van der Waals surface area contributed by atoms with Crippen molar-refractivity contribution in [3.8, 4) is 11.8 Å². The van der Waals surface area contributed by atoms with E-state index in [9.17, 15) is 10.1 Å². The van der Waals surface area contributed by atoms with Crippen LogP contribution >= 0.6 is 34.7 Å². The molecule has 1 aliphatic rings. The Kier molecular flexibility index (Phi) is 7.63. The first kappa shape index (κ1) is 24.0. The van der Waals surface area contributed by atoms with Gasteiger partial charge in [-0.15, -0.1) is 23.1 Å². The Labute approximate surface area is 212 Å². The number of thiophene rings is 1. The van der Waals surface area contributed by atoms with E-state index in [4.69, 9.17) is 16.3 Å². The van der Waals surface area contributed by atoms with Crippen molar-refractivity contribution in [2.45, 2.75) is 18.6 Å². The van der Waals surface area contributed by atoms with Crippen LogP contribution in [0.2, 0.25) is 5.02 Å². The Morgan fingerprint density at radius 1 is 1.21 bits per heavy atom. The van der Waals surface area contributed by atoms with Gasteiger partial charge in [0.2, 0.25) is 0 Å². The first-order chi connectivity index (χ1) is 16.5. The van der Waals surface area contributed by atoms with Gasteiger partial charge in [0.15, 0.2) is 0 Å². The van der Waals surface area contributed by atoms with E-state index in [0.29, 0.717) is 39.1 Å². The van der Waals surface area contributed by atoms with Crippen LogP contribution < -0.4 is 15.4 Å². The topological polar surface area (TPSA) is 74.2 Å². The molecule has 8 heteroatoms. The molecule has 1 aromatic heterocycles. The second-order valence-electron chi connectivity index (χ2n) is 7.54. The maximum absolute atomic E-state index is 13.5. The van der Waals surface area contributed by atoms with Gasteiger partial charge in [0.25, 0.3) is 5.91 Å². The van der Waals surface area contributed by atoms with Crippen molar-refractivity contribution in [2.75, 3.05) is 12.4 Å². The van der Waals surface area contributed by atoms with E-state index in [0.717, 1.165) is 15.5 Å². The number of ether oxygens (including phenoxy) is 1. The number of anilines is 1. The average molecular weight is 508 g/mol. The number of allylic oxidation sites excluding steroid dienone is 2. The van der Waals surface area contributed by atoms with Gasteiger partial charge in [0, 0.05) is 26.9 Å². The van der Waals surface area contributed by atoms with Crippen LogP contribution in [0.1, 0.15) is 23.3 Å². The second kappa shape index (κ2) is 10.8. The molecule has 3 aromatic rings. The van der Waals surface area contributed by atoms with E-state index in [-0.39, 0.29) is 5.91 Å². The third-order valence-corrected chi connectivity index (χ3v) is 7.65. The number of methoxy groups -OCH3 is 1. The van der Waals surface area contributed by atoms with E-state index in [2.05, 4.69) is 16.7 Å².